The highest BCUT2D eigenvalue weighted by atomic mass is 16.5. The highest BCUT2D eigenvalue weighted by molar-refractivity contribution is 5.22. The Bertz CT molecular complexity index is 681. The molecule has 0 radical (unpaired) electrons. The lowest BCUT2D eigenvalue weighted by molar-refractivity contribution is -0.146. The molecule has 1 aromatic heterocycles. The van der Waals surface area contributed by atoms with E-state index < -0.39 is 0 Å². The minimum atomic E-state index is 0.0168. The molecule has 4 heteroatoms. The van der Waals surface area contributed by atoms with E-state index in [0.717, 1.165) is 39.3 Å². The lowest BCUT2D eigenvalue weighted by Crippen LogP contribution is -2.64. The Kier molecular flexibility index (Phi) is 4.84. The van der Waals surface area contributed by atoms with Crippen molar-refractivity contribution in [3.63, 3.8) is 0 Å². The molecule has 2 aliphatic rings. The molecule has 2 aliphatic heterocycles. The minimum Gasteiger partial charge on any atom is -0.376 e. The summed E-state index contributed by atoms with van der Waals surface area (Å²) < 4.78 is 12.1. The monoisotopic (exact) mass is 338 g/mol. The molecule has 1 atom stereocenters. The summed E-state index contributed by atoms with van der Waals surface area (Å²) in [6.45, 7) is 7.47. The fourth-order valence-corrected chi connectivity index (χ4v) is 3.94. The first-order valence-corrected chi connectivity index (χ1v) is 9.12. The van der Waals surface area contributed by atoms with Gasteiger partial charge in [-0.3, -0.25) is 9.88 Å². The van der Waals surface area contributed by atoms with Crippen molar-refractivity contribution >= 4 is 0 Å². The second kappa shape index (κ2) is 7.24. The number of pyridine rings is 1. The zero-order chi connectivity index (χ0) is 17.1. The summed E-state index contributed by atoms with van der Waals surface area (Å²) in [5, 5.41) is 0. The summed E-state index contributed by atoms with van der Waals surface area (Å²) in [5.74, 6) is 0.503. The standard InChI is InChI=1S/C21H26N2O2/c1-17-2-4-18(5-3-17)12-23-15-21(16-23)20(8-11-25-21)14-24-13-19-6-9-22-10-7-19/h2-7,9-10,20H,8,11-16H2,1H3/t20-/m0/s1. The van der Waals surface area contributed by atoms with Gasteiger partial charge in [0, 0.05) is 44.6 Å². The van der Waals surface area contributed by atoms with Crippen molar-refractivity contribution in [3.05, 3.63) is 65.5 Å². The summed E-state index contributed by atoms with van der Waals surface area (Å²) in [4.78, 5) is 6.52. The molecule has 25 heavy (non-hydrogen) atoms. The lowest BCUT2D eigenvalue weighted by atomic mass is 9.81. The van der Waals surface area contributed by atoms with E-state index >= 15 is 0 Å². The van der Waals surface area contributed by atoms with Gasteiger partial charge in [-0.1, -0.05) is 29.8 Å². The number of rotatable bonds is 6. The van der Waals surface area contributed by atoms with E-state index in [4.69, 9.17) is 9.47 Å². The molecule has 3 heterocycles. The Morgan fingerprint density at radius 3 is 2.64 bits per heavy atom. The summed E-state index contributed by atoms with van der Waals surface area (Å²) >= 11 is 0. The Hall–Kier alpha value is -1.75. The average molecular weight is 338 g/mol. The fraction of sp³-hybridized carbons (Fsp3) is 0.476. The zero-order valence-corrected chi connectivity index (χ0v) is 14.9. The Morgan fingerprint density at radius 1 is 1.12 bits per heavy atom. The van der Waals surface area contributed by atoms with Crippen molar-refractivity contribution in [3.8, 4) is 0 Å². The molecule has 1 aromatic carbocycles. The molecular formula is C21H26N2O2. The van der Waals surface area contributed by atoms with Crippen LogP contribution in [-0.4, -0.2) is 41.8 Å². The third kappa shape index (κ3) is 3.76. The van der Waals surface area contributed by atoms with Crippen LogP contribution in [0.15, 0.2) is 48.8 Å². The van der Waals surface area contributed by atoms with Gasteiger partial charge in [0.15, 0.2) is 0 Å². The van der Waals surface area contributed by atoms with E-state index in [-0.39, 0.29) is 5.60 Å². The molecule has 2 saturated heterocycles. The van der Waals surface area contributed by atoms with Gasteiger partial charge in [-0.05, 0) is 36.6 Å². The maximum Gasteiger partial charge on any atom is 0.0985 e. The first kappa shape index (κ1) is 16.7. The van der Waals surface area contributed by atoms with Crippen LogP contribution >= 0.6 is 0 Å². The predicted molar refractivity (Wildman–Crippen MR) is 97.1 cm³/mol. The van der Waals surface area contributed by atoms with Crippen molar-refractivity contribution in [2.75, 3.05) is 26.3 Å². The van der Waals surface area contributed by atoms with E-state index in [1.165, 1.54) is 16.7 Å². The normalized spacial score (nSPS) is 22.2. The van der Waals surface area contributed by atoms with Crippen LogP contribution in [0.2, 0.25) is 0 Å². The molecule has 0 amide bonds. The van der Waals surface area contributed by atoms with Gasteiger partial charge in [-0.15, -0.1) is 0 Å². The van der Waals surface area contributed by atoms with E-state index in [0.29, 0.717) is 12.5 Å². The number of likely N-dealkylation sites (tertiary alicyclic amines) is 1. The van der Waals surface area contributed by atoms with Crippen molar-refractivity contribution < 1.29 is 9.47 Å². The quantitative estimate of drug-likeness (QED) is 0.810. The fourth-order valence-electron chi connectivity index (χ4n) is 3.94. The Labute approximate surface area is 149 Å². The smallest absolute Gasteiger partial charge is 0.0985 e. The number of benzene rings is 1. The molecule has 4 rings (SSSR count). The van der Waals surface area contributed by atoms with Gasteiger partial charge in [-0.2, -0.15) is 0 Å². The number of hydrogen-bond donors (Lipinski definition) is 0. The molecule has 2 aromatic rings. The Balaban J connectivity index is 1.26. The molecule has 4 nitrogen and oxygen atoms in total. The molecule has 0 bridgehead atoms. The number of nitrogens with zero attached hydrogens (tertiary/aromatic N) is 2. The predicted octanol–water partition coefficient (Wildman–Crippen LogP) is 3.20. The van der Waals surface area contributed by atoms with Gasteiger partial charge in [0.2, 0.25) is 0 Å². The van der Waals surface area contributed by atoms with Crippen molar-refractivity contribution in [1.82, 2.24) is 9.88 Å². The summed E-state index contributed by atoms with van der Waals surface area (Å²) in [7, 11) is 0. The van der Waals surface area contributed by atoms with Gasteiger partial charge < -0.3 is 9.47 Å². The van der Waals surface area contributed by atoms with Crippen LogP contribution < -0.4 is 0 Å². The van der Waals surface area contributed by atoms with E-state index in [2.05, 4.69) is 41.1 Å². The number of aryl methyl sites for hydroxylation is 1. The van der Waals surface area contributed by atoms with Gasteiger partial charge in [0.05, 0.1) is 18.8 Å². The van der Waals surface area contributed by atoms with Gasteiger partial charge in [-0.25, -0.2) is 0 Å². The summed E-state index contributed by atoms with van der Waals surface area (Å²) in [5.41, 5.74) is 3.89. The summed E-state index contributed by atoms with van der Waals surface area (Å²) in [6.07, 6.45) is 4.73. The first-order chi connectivity index (χ1) is 12.2. The molecule has 0 saturated carbocycles. The average Bonchev–Trinajstić information content (AvgIpc) is 3.01. The van der Waals surface area contributed by atoms with Crippen LogP contribution in [0.1, 0.15) is 23.1 Å². The molecule has 0 N–H and O–H groups in total. The highest BCUT2D eigenvalue weighted by Gasteiger charge is 2.52. The van der Waals surface area contributed by atoms with E-state index in [1.54, 1.807) is 0 Å². The van der Waals surface area contributed by atoms with Crippen LogP contribution in [-0.2, 0) is 22.6 Å². The van der Waals surface area contributed by atoms with Gasteiger partial charge in [0.25, 0.3) is 0 Å². The lowest BCUT2D eigenvalue weighted by Gasteiger charge is -2.50. The SMILES string of the molecule is Cc1ccc(CN2CC3(C2)OCC[C@H]3COCc2ccncc2)cc1. The minimum absolute atomic E-state index is 0.0168. The van der Waals surface area contributed by atoms with Crippen LogP contribution in [0.5, 0.6) is 0 Å². The van der Waals surface area contributed by atoms with Crippen LogP contribution in [0.4, 0.5) is 0 Å². The van der Waals surface area contributed by atoms with Crippen LogP contribution in [0.3, 0.4) is 0 Å². The zero-order valence-electron chi connectivity index (χ0n) is 14.9. The number of ether oxygens (including phenoxy) is 2. The second-order valence-corrected chi connectivity index (χ2v) is 7.40. The van der Waals surface area contributed by atoms with Gasteiger partial charge >= 0.3 is 0 Å². The highest BCUT2D eigenvalue weighted by Crippen LogP contribution is 2.40. The molecule has 0 unspecified atom stereocenters. The van der Waals surface area contributed by atoms with Gasteiger partial charge in [0.1, 0.15) is 0 Å². The van der Waals surface area contributed by atoms with E-state index in [9.17, 15) is 0 Å². The van der Waals surface area contributed by atoms with Crippen molar-refractivity contribution in [1.29, 1.82) is 0 Å². The third-order valence-electron chi connectivity index (χ3n) is 5.45. The number of hydrogen-bond acceptors (Lipinski definition) is 4. The molecule has 2 fully saturated rings. The van der Waals surface area contributed by atoms with Crippen molar-refractivity contribution in [2.45, 2.75) is 32.1 Å². The van der Waals surface area contributed by atoms with Crippen LogP contribution in [0.25, 0.3) is 0 Å². The number of aromatic nitrogens is 1. The largest absolute Gasteiger partial charge is 0.376 e. The molecule has 132 valence electrons. The maximum atomic E-state index is 6.15. The summed E-state index contributed by atoms with van der Waals surface area (Å²) in [6, 6.07) is 12.8. The molecule has 1 spiro atoms. The van der Waals surface area contributed by atoms with Crippen molar-refractivity contribution in [2.24, 2.45) is 5.92 Å². The van der Waals surface area contributed by atoms with Crippen LogP contribution in [0, 0.1) is 12.8 Å². The topological polar surface area (TPSA) is 34.6 Å². The molecule has 0 aliphatic carbocycles. The van der Waals surface area contributed by atoms with E-state index in [1.807, 2.05) is 24.5 Å². The maximum absolute atomic E-state index is 6.15. The Morgan fingerprint density at radius 2 is 1.88 bits per heavy atom. The molecular weight excluding hydrogens is 312 g/mol. The second-order valence-electron chi connectivity index (χ2n) is 7.40. The third-order valence-corrected chi connectivity index (χ3v) is 5.45. The first-order valence-electron chi connectivity index (χ1n) is 9.12.